The van der Waals surface area contributed by atoms with Crippen molar-refractivity contribution in [3.63, 3.8) is 0 Å². The van der Waals surface area contributed by atoms with E-state index in [1.165, 1.54) is 0 Å². The largest absolute Gasteiger partial charge is 0.482 e. The second kappa shape index (κ2) is 7.51. The van der Waals surface area contributed by atoms with E-state index in [2.05, 4.69) is 37.4 Å². The van der Waals surface area contributed by atoms with Gasteiger partial charge >= 0.3 is 5.97 Å². The summed E-state index contributed by atoms with van der Waals surface area (Å²) in [4.78, 5) is 19.0. The smallest absolute Gasteiger partial charge is 0.369 e. The summed E-state index contributed by atoms with van der Waals surface area (Å²) < 4.78 is 5.33. The van der Waals surface area contributed by atoms with E-state index in [4.69, 9.17) is 21.2 Å². The molecule has 22 heavy (non-hydrogen) atoms. The van der Waals surface area contributed by atoms with E-state index in [1.807, 2.05) is 0 Å². The summed E-state index contributed by atoms with van der Waals surface area (Å²) >= 11 is 5.78. The van der Waals surface area contributed by atoms with Gasteiger partial charge in [0, 0.05) is 23.5 Å². The topological polar surface area (TPSA) is 50.8 Å². The monoisotopic (exact) mass is 324 g/mol. The Labute approximate surface area is 135 Å². The fraction of sp³-hybridized carbons (Fsp3) is 0.438. The molecule has 0 spiro atoms. The Balaban J connectivity index is 1.78. The van der Waals surface area contributed by atoms with Crippen molar-refractivity contribution >= 4 is 17.6 Å². The minimum absolute atomic E-state index is 0.161. The maximum Gasteiger partial charge on any atom is 0.369 e. The van der Waals surface area contributed by atoms with Gasteiger partial charge in [-0.3, -0.25) is 4.90 Å². The Hall–Kier alpha value is -1.72. The van der Waals surface area contributed by atoms with Crippen molar-refractivity contribution in [2.24, 2.45) is 5.92 Å². The van der Waals surface area contributed by atoms with Crippen LogP contribution in [-0.4, -0.2) is 37.1 Å². The third-order valence-corrected chi connectivity index (χ3v) is 3.91. The van der Waals surface area contributed by atoms with Crippen LogP contribution < -0.4 is 10.2 Å². The van der Waals surface area contributed by atoms with Gasteiger partial charge < -0.3 is 9.57 Å². The Morgan fingerprint density at radius 1 is 1.36 bits per heavy atom. The molecule has 1 aromatic rings. The summed E-state index contributed by atoms with van der Waals surface area (Å²) in [5.74, 6) is 0.377. The normalized spacial score (nSPS) is 21.9. The molecule has 1 aliphatic rings. The van der Waals surface area contributed by atoms with Crippen molar-refractivity contribution in [3.05, 3.63) is 41.1 Å². The Morgan fingerprint density at radius 2 is 2.05 bits per heavy atom. The van der Waals surface area contributed by atoms with E-state index >= 15 is 0 Å². The van der Waals surface area contributed by atoms with Crippen molar-refractivity contribution in [2.75, 3.05) is 20.2 Å². The molecular formula is C16H21ClN2O3. The number of nitrogens with zero attached hydrogens (tertiary/aromatic N) is 1. The first kappa shape index (κ1) is 16.6. The number of rotatable bonds is 5. The molecule has 0 bridgehead atoms. The molecule has 2 unspecified atom stereocenters. The van der Waals surface area contributed by atoms with Crippen LogP contribution in [0, 0.1) is 5.92 Å². The number of hydrogen-bond acceptors (Lipinski definition) is 5. The summed E-state index contributed by atoms with van der Waals surface area (Å²) in [6.07, 6.45) is 2.06. The van der Waals surface area contributed by atoms with Gasteiger partial charge in [-0.25, -0.2) is 10.3 Å². The van der Waals surface area contributed by atoms with Crippen LogP contribution in [0.2, 0.25) is 5.02 Å². The minimum Gasteiger partial charge on any atom is -0.482 e. The number of ether oxygens (including phenoxy) is 1. The van der Waals surface area contributed by atoms with Crippen molar-refractivity contribution in [3.8, 4) is 5.75 Å². The molecule has 0 radical (unpaired) electrons. The van der Waals surface area contributed by atoms with Gasteiger partial charge in [0.15, 0.2) is 6.61 Å². The van der Waals surface area contributed by atoms with Crippen molar-refractivity contribution in [1.29, 1.82) is 0 Å². The number of benzene rings is 1. The average molecular weight is 325 g/mol. The molecular weight excluding hydrogens is 304 g/mol. The van der Waals surface area contributed by atoms with Crippen LogP contribution in [0.4, 0.5) is 0 Å². The molecule has 1 aliphatic heterocycles. The van der Waals surface area contributed by atoms with Gasteiger partial charge in [-0.1, -0.05) is 18.5 Å². The molecule has 1 aromatic carbocycles. The second-order valence-electron chi connectivity index (χ2n) is 5.52. The zero-order valence-corrected chi connectivity index (χ0v) is 13.8. The third-order valence-electron chi connectivity index (χ3n) is 3.66. The lowest BCUT2D eigenvalue weighted by Gasteiger charge is -2.32. The van der Waals surface area contributed by atoms with Gasteiger partial charge in [0.25, 0.3) is 0 Å². The predicted octanol–water partition coefficient (Wildman–Crippen LogP) is 2.62. The summed E-state index contributed by atoms with van der Waals surface area (Å²) in [6.45, 7) is 4.93. The number of hydrogen-bond donors (Lipinski definition) is 1. The first-order chi connectivity index (χ1) is 10.5. The summed E-state index contributed by atoms with van der Waals surface area (Å²) in [5.41, 5.74) is 3.67. The third kappa shape index (κ3) is 4.64. The zero-order chi connectivity index (χ0) is 16.1. The average Bonchev–Trinajstić information content (AvgIpc) is 2.49. The Bertz CT molecular complexity index is 545. The molecule has 5 nitrogen and oxygen atoms in total. The molecule has 0 saturated carbocycles. The summed E-state index contributed by atoms with van der Waals surface area (Å²) in [6, 6.07) is 7.11. The molecule has 0 amide bonds. The highest BCUT2D eigenvalue weighted by atomic mass is 35.5. The van der Waals surface area contributed by atoms with Gasteiger partial charge in [-0.2, -0.15) is 0 Å². The van der Waals surface area contributed by atoms with E-state index in [9.17, 15) is 4.79 Å². The van der Waals surface area contributed by atoms with Gasteiger partial charge in [0.05, 0.1) is 5.70 Å². The highest BCUT2D eigenvalue weighted by molar-refractivity contribution is 6.30. The van der Waals surface area contributed by atoms with Gasteiger partial charge in [-0.15, -0.1) is 0 Å². The van der Waals surface area contributed by atoms with E-state index in [0.717, 1.165) is 12.2 Å². The van der Waals surface area contributed by atoms with Gasteiger partial charge in [0.1, 0.15) is 5.75 Å². The van der Waals surface area contributed by atoms with E-state index in [1.54, 1.807) is 24.3 Å². The SMILES string of the molecule is CC1CN(C)C(C)C=C1NOC(=O)COc1ccc(Cl)cc1. The fourth-order valence-corrected chi connectivity index (χ4v) is 2.33. The molecule has 0 aliphatic carbocycles. The lowest BCUT2D eigenvalue weighted by atomic mass is 10.0. The van der Waals surface area contributed by atoms with Crippen molar-refractivity contribution in [1.82, 2.24) is 10.4 Å². The standard InChI is InChI=1S/C16H21ClN2O3/c1-11-9-19(3)12(2)8-15(11)18-22-16(20)10-21-14-6-4-13(17)5-7-14/h4-8,11-12,18H,9-10H2,1-3H3. The fourth-order valence-electron chi connectivity index (χ4n) is 2.20. The number of likely N-dealkylation sites (N-methyl/N-ethyl adjacent to an activating group) is 1. The van der Waals surface area contributed by atoms with Crippen LogP contribution in [0.5, 0.6) is 5.75 Å². The van der Waals surface area contributed by atoms with Crippen molar-refractivity contribution < 1.29 is 14.4 Å². The molecule has 0 fully saturated rings. The molecule has 1 heterocycles. The molecule has 2 atom stereocenters. The molecule has 0 aromatic heterocycles. The molecule has 120 valence electrons. The predicted molar refractivity (Wildman–Crippen MR) is 85.5 cm³/mol. The lowest BCUT2D eigenvalue weighted by molar-refractivity contribution is -0.152. The maximum atomic E-state index is 11.7. The lowest BCUT2D eigenvalue weighted by Crippen LogP contribution is -2.40. The van der Waals surface area contributed by atoms with Gasteiger partial charge in [-0.05, 0) is 44.3 Å². The van der Waals surface area contributed by atoms with Crippen LogP contribution >= 0.6 is 11.6 Å². The second-order valence-corrected chi connectivity index (χ2v) is 5.96. The zero-order valence-electron chi connectivity index (χ0n) is 13.0. The van der Waals surface area contributed by atoms with Crippen molar-refractivity contribution in [2.45, 2.75) is 19.9 Å². The van der Waals surface area contributed by atoms with Crippen LogP contribution in [0.25, 0.3) is 0 Å². The summed E-state index contributed by atoms with van der Waals surface area (Å²) in [5, 5.41) is 0.619. The Kier molecular flexibility index (Phi) is 5.69. The quantitative estimate of drug-likeness (QED) is 0.844. The number of carbonyl (C=O) groups excluding carboxylic acids is 1. The first-order valence-corrected chi connectivity index (χ1v) is 7.59. The van der Waals surface area contributed by atoms with Crippen LogP contribution in [0.3, 0.4) is 0 Å². The summed E-state index contributed by atoms with van der Waals surface area (Å²) in [7, 11) is 2.07. The van der Waals surface area contributed by atoms with Crippen LogP contribution in [0.1, 0.15) is 13.8 Å². The molecule has 2 rings (SSSR count). The van der Waals surface area contributed by atoms with E-state index in [0.29, 0.717) is 16.8 Å². The van der Waals surface area contributed by atoms with Crippen LogP contribution in [-0.2, 0) is 9.63 Å². The number of hydroxylamine groups is 1. The Morgan fingerprint density at radius 3 is 2.73 bits per heavy atom. The number of nitrogens with one attached hydrogen (secondary N) is 1. The maximum absolute atomic E-state index is 11.7. The highest BCUT2D eigenvalue weighted by Crippen LogP contribution is 2.18. The first-order valence-electron chi connectivity index (χ1n) is 7.21. The molecule has 6 heteroatoms. The molecule has 1 N–H and O–H groups in total. The van der Waals surface area contributed by atoms with E-state index in [-0.39, 0.29) is 12.5 Å². The highest BCUT2D eigenvalue weighted by Gasteiger charge is 2.22. The van der Waals surface area contributed by atoms with Gasteiger partial charge in [0.2, 0.25) is 0 Å². The van der Waals surface area contributed by atoms with E-state index < -0.39 is 5.97 Å². The number of halogens is 1. The minimum atomic E-state index is -0.477. The van der Waals surface area contributed by atoms with Crippen LogP contribution in [0.15, 0.2) is 36.0 Å². The molecule has 0 saturated heterocycles. The number of carbonyl (C=O) groups is 1.